The van der Waals surface area contributed by atoms with Crippen molar-refractivity contribution in [3.05, 3.63) is 18.7 Å². The summed E-state index contributed by atoms with van der Waals surface area (Å²) in [5.41, 5.74) is 0. The van der Waals surface area contributed by atoms with Crippen LogP contribution in [0, 0.1) is 0 Å². The lowest BCUT2D eigenvalue weighted by atomic mass is 10.7. The number of imidazole rings is 1. The predicted octanol–water partition coefficient (Wildman–Crippen LogP) is 0.977. The van der Waals surface area contributed by atoms with E-state index in [1.807, 2.05) is 17.8 Å². The summed E-state index contributed by atoms with van der Waals surface area (Å²) >= 11 is 4.45. The Hall–Kier alpha value is -0.260. The van der Waals surface area contributed by atoms with Crippen molar-refractivity contribution >= 4 is 18.5 Å². The SMILES string of the molecule is CCOP([O-])(=S)OCC.CCn1cc[n+](C)c1. The molecule has 1 heterocycles. The summed E-state index contributed by atoms with van der Waals surface area (Å²) in [6, 6.07) is 0. The van der Waals surface area contributed by atoms with Crippen molar-refractivity contribution in [1.29, 1.82) is 0 Å². The van der Waals surface area contributed by atoms with Crippen LogP contribution in [0.4, 0.5) is 0 Å². The largest absolute Gasteiger partial charge is 0.780 e. The summed E-state index contributed by atoms with van der Waals surface area (Å²) in [4.78, 5) is 10.8. The molecule has 0 unspecified atom stereocenters. The summed E-state index contributed by atoms with van der Waals surface area (Å²) in [6.07, 6.45) is 6.14. The van der Waals surface area contributed by atoms with Crippen molar-refractivity contribution in [3.63, 3.8) is 0 Å². The molecule has 0 saturated heterocycles. The molecule has 0 amide bonds. The lowest BCUT2D eigenvalue weighted by molar-refractivity contribution is -0.671. The maximum absolute atomic E-state index is 10.8. The van der Waals surface area contributed by atoms with Crippen LogP contribution in [0.2, 0.25) is 0 Å². The molecular weight excluding hydrogens is 259 g/mol. The minimum absolute atomic E-state index is 0.334. The van der Waals surface area contributed by atoms with Gasteiger partial charge >= 0.3 is 0 Å². The predicted molar refractivity (Wildman–Crippen MR) is 68.8 cm³/mol. The summed E-state index contributed by atoms with van der Waals surface area (Å²) in [7, 11) is 2.02. The highest BCUT2D eigenvalue weighted by Gasteiger charge is 1.98. The molecule has 0 bridgehead atoms. The maximum Gasteiger partial charge on any atom is 0.243 e. The molecule has 0 aliphatic rings. The average molecular weight is 280 g/mol. The number of hydrogen-bond acceptors (Lipinski definition) is 4. The molecule has 0 saturated carbocycles. The lowest BCUT2D eigenvalue weighted by Crippen LogP contribution is -2.23. The molecule has 0 spiro atoms. The Bertz CT molecular complexity index is 347. The van der Waals surface area contributed by atoms with Crippen molar-refractivity contribution in [1.82, 2.24) is 4.57 Å². The fourth-order valence-corrected chi connectivity index (χ4v) is 2.38. The first kappa shape index (κ1) is 16.7. The highest BCUT2D eigenvalue weighted by atomic mass is 32.5. The Labute approximate surface area is 108 Å². The number of aryl methyl sites for hydroxylation is 2. The number of hydrogen-bond donors (Lipinski definition) is 0. The minimum atomic E-state index is -3.11. The van der Waals surface area contributed by atoms with Crippen LogP contribution in [0.5, 0.6) is 0 Å². The second-order valence-electron chi connectivity index (χ2n) is 3.19. The van der Waals surface area contributed by atoms with Gasteiger partial charge in [0.15, 0.2) is 0 Å². The second-order valence-corrected chi connectivity index (χ2v) is 5.94. The van der Waals surface area contributed by atoms with E-state index in [4.69, 9.17) is 0 Å². The van der Waals surface area contributed by atoms with Crippen molar-refractivity contribution < 1.29 is 18.5 Å². The molecular formula is C10H21N2O3PS. The third kappa shape index (κ3) is 8.46. The molecule has 100 valence electrons. The van der Waals surface area contributed by atoms with Crippen molar-refractivity contribution in [2.45, 2.75) is 27.3 Å². The van der Waals surface area contributed by atoms with Crippen LogP contribution in [0.25, 0.3) is 0 Å². The molecule has 1 aromatic rings. The van der Waals surface area contributed by atoms with E-state index in [-0.39, 0.29) is 0 Å². The summed E-state index contributed by atoms with van der Waals surface area (Å²) in [6.45, 7) is 4.18. The van der Waals surface area contributed by atoms with Gasteiger partial charge < -0.3 is 13.9 Å². The van der Waals surface area contributed by atoms with Gasteiger partial charge in [-0.3, -0.25) is 0 Å². The molecule has 0 radical (unpaired) electrons. The van der Waals surface area contributed by atoms with Crippen LogP contribution < -0.4 is 9.46 Å². The van der Waals surface area contributed by atoms with Crippen LogP contribution in [0.1, 0.15) is 20.8 Å². The van der Waals surface area contributed by atoms with Gasteiger partial charge in [-0.25, -0.2) is 9.13 Å². The zero-order chi connectivity index (χ0) is 13.3. The van der Waals surface area contributed by atoms with E-state index in [1.165, 1.54) is 0 Å². The summed E-state index contributed by atoms with van der Waals surface area (Å²) in [5.74, 6) is 0. The fraction of sp³-hybridized carbons (Fsp3) is 0.700. The van der Waals surface area contributed by atoms with E-state index in [1.54, 1.807) is 13.8 Å². The quantitative estimate of drug-likeness (QED) is 0.596. The van der Waals surface area contributed by atoms with Gasteiger partial charge in [-0.2, -0.15) is 0 Å². The van der Waals surface area contributed by atoms with Crippen LogP contribution in [-0.4, -0.2) is 17.8 Å². The normalized spacial score (nSPS) is 10.9. The molecule has 0 fully saturated rings. The Kier molecular flexibility index (Phi) is 8.64. The zero-order valence-corrected chi connectivity index (χ0v) is 12.5. The zero-order valence-electron chi connectivity index (χ0n) is 10.8. The second kappa shape index (κ2) is 8.78. The van der Waals surface area contributed by atoms with Crippen LogP contribution in [0.3, 0.4) is 0 Å². The van der Waals surface area contributed by atoms with Gasteiger partial charge in [0.1, 0.15) is 19.1 Å². The van der Waals surface area contributed by atoms with Crippen molar-refractivity contribution in [2.24, 2.45) is 7.05 Å². The number of rotatable bonds is 5. The highest BCUT2D eigenvalue weighted by Crippen LogP contribution is 2.37. The van der Waals surface area contributed by atoms with Crippen LogP contribution in [0.15, 0.2) is 18.7 Å². The number of aromatic nitrogens is 2. The molecule has 0 N–H and O–H groups in total. The van der Waals surface area contributed by atoms with E-state index in [9.17, 15) is 4.89 Å². The van der Waals surface area contributed by atoms with Gasteiger partial charge in [-0.05, 0) is 20.8 Å². The molecule has 1 rings (SSSR count). The van der Waals surface area contributed by atoms with E-state index < -0.39 is 6.72 Å². The van der Waals surface area contributed by atoms with Gasteiger partial charge in [0.2, 0.25) is 6.33 Å². The summed E-state index contributed by atoms with van der Waals surface area (Å²) < 4.78 is 13.4. The average Bonchev–Trinajstić information content (AvgIpc) is 2.65. The van der Waals surface area contributed by atoms with Crippen molar-refractivity contribution in [3.8, 4) is 0 Å². The minimum Gasteiger partial charge on any atom is -0.780 e. The molecule has 17 heavy (non-hydrogen) atoms. The van der Waals surface area contributed by atoms with Gasteiger partial charge in [-0.15, -0.1) is 0 Å². The van der Waals surface area contributed by atoms with Gasteiger partial charge in [0.25, 0.3) is 0 Å². The topological polar surface area (TPSA) is 50.3 Å². The Morgan fingerprint density at radius 3 is 2.06 bits per heavy atom. The van der Waals surface area contributed by atoms with Gasteiger partial charge in [0.05, 0.1) is 26.8 Å². The Balaban J connectivity index is 0.000000302. The molecule has 0 aromatic carbocycles. The van der Waals surface area contributed by atoms with E-state index in [0.29, 0.717) is 13.2 Å². The highest BCUT2D eigenvalue weighted by molar-refractivity contribution is 8.06. The van der Waals surface area contributed by atoms with Crippen molar-refractivity contribution in [2.75, 3.05) is 13.2 Å². The van der Waals surface area contributed by atoms with Crippen LogP contribution in [-0.2, 0) is 34.4 Å². The van der Waals surface area contributed by atoms with E-state index >= 15 is 0 Å². The molecule has 0 atom stereocenters. The third-order valence-corrected chi connectivity index (χ3v) is 3.54. The molecule has 0 aliphatic heterocycles. The van der Waals surface area contributed by atoms with Crippen LogP contribution >= 0.6 is 6.72 Å². The molecule has 5 nitrogen and oxygen atoms in total. The third-order valence-electron chi connectivity index (χ3n) is 1.76. The summed E-state index contributed by atoms with van der Waals surface area (Å²) in [5, 5.41) is 0. The molecule has 7 heteroatoms. The standard InChI is InChI=1S/C6H11N2.C4H11O3PS/c1-3-8-5-4-7(2)6-8;1-3-6-8(5,9)7-4-2/h4-6H,3H2,1-2H3;3-4H2,1-2H3,(H,5,9)/q+1;/p-1. The van der Waals surface area contributed by atoms with E-state index in [0.717, 1.165) is 6.54 Å². The Morgan fingerprint density at radius 2 is 1.82 bits per heavy atom. The first-order chi connectivity index (χ1) is 7.95. The molecule has 0 aliphatic carbocycles. The van der Waals surface area contributed by atoms with Gasteiger partial charge in [-0.1, -0.05) is 11.8 Å². The molecule has 1 aromatic heterocycles. The lowest BCUT2D eigenvalue weighted by Gasteiger charge is -2.25. The van der Waals surface area contributed by atoms with E-state index in [2.05, 4.69) is 44.9 Å². The Morgan fingerprint density at radius 1 is 1.29 bits per heavy atom. The monoisotopic (exact) mass is 280 g/mol. The maximum atomic E-state index is 10.8. The van der Waals surface area contributed by atoms with Gasteiger partial charge in [0, 0.05) is 0 Å². The smallest absolute Gasteiger partial charge is 0.243 e. The first-order valence-corrected chi connectivity index (χ1v) is 8.11. The first-order valence-electron chi connectivity index (χ1n) is 5.56. The fourth-order valence-electron chi connectivity index (χ4n) is 1.04. The number of nitrogens with zero attached hydrogens (tertiary/aromatic N) is 2.